The number of rotatable bonds is 3. The molecule has 0 bridgehead atoms. The zero-order valence-electron chi connectivity index (χ0n) is 8.60. The summed E-state index contributed by atoms with van der Waals surface area (Å²) in [6.07, 6.45) is 6.27. The van der Waals surface area contributed by atoms with E-state index in [2.05, 4.69) is 10.3 Å². The first-order valence-electron chi connectivity index (χ1n) is 5.02. The van der Waals surface area contributed by atoms with Crippen molar-refractivity contribution in [3.63, 3.8) is 0 Å². The van der Waals surface area contributed by atoms with Gasteiger partial charge in [-0.15, -0.1) is 0 Å². The largest absolute Gasteiger partial charge is 0.352 e. The standard InChI is InChI=1S/C11H13N3O/c1-2-5-13-11(15)9-3-4-10-12-6-7-14(10)8-9/h3-4,6-8H,2,5H2,1H3,(H,13,15). The van der Waals surface area contributed by atoms with Crippen LogP contribution >= 0.6 is 0 Å². The molecule has 0 fully saturated rings. The van der Waals surface area contributed by atoms with Gasteiger partial charge in [0.15, 0.2) is 0 Å². The number of carbonyl (C=O) groups excluding carboxylic acids is 1. The summed E-state index contributed by atoms with van der Waals surface area (Å²) < 4.78 is 1.83. The summed E-state index contributed by atoms with van der Waals surface area (Å²) in [7, 11) is 0. The fourth-order valence-corrected chi connectivity index (χ4v) is 1.39. The third-order valence-corrected chi connectivity index (χ3v) is 2.19. The number of nitrogens with one attached hydrogen (secondary N) is 1. The Morgan fingerprint density at radius 2 is 2.40 bits per heavy atom. The molecule has 78 valence electrons. The Morgan fingerprint density at radius 3 is 3.20 bits per heavy atom. The number of amides is 1. The molecule has 2 heterocycles. The second-order valence-electron chi connectivity index (χ2n) is 3.37. The highest BCUT2D eigenvalue weighted by Crippen LogP contribution is 2.04. The molecule has 0 unspecified atom stereocenters. The van der Waals surface area contributed by atoms with Crippen LogP contribution in [0.3, 0.4) is 0 Å². The van der Waals surface area contributed by atoms with Crippen molar-refractivity contribution >= 4 is 11.6 Å². The Balaban J connectivity index is 2.23. The van der Waals surface area contributed by atoms with E-state index in [9.17, 15) is 4.79 Å². The van der Waals surface area contributed by atoms with Crippen molar-refractivity contribution in [3.05, 3.63) is 36.3 Å². The van der Waals surface area contributed by atoms with E-state index < -0.39 is 0 Å². The summed E-state index contributed by atoms with van der Waals surface area (Å²) in [6.45, 7) is 2.74. The second kappa shape index (κ2) is 4.13. The first-order chi connectivity index (χ1) is 7.31. The molecular weight excluding hydrogens is 190 g/mol. The molecule has 0 aliphatic heterocycles. The van der Waals surface area contributed by atoms with Crippen LogP contribution in [0, 0.1) is 0 Å². The Bertz CT molecular complexity index is 475. The summed E-state index contributed by atoms with van der Waals surface area (Å²) in [5, 5.41) is 2.83. The number of carbonyl (C=O) groups is 1. The molecule has 2 aromatic heterocycles. The van der Waals surface area contributed by atoms with Gasteiger partial charge in [-0.1, -0.05) is 6.92 Å². The van der Waals surface area contributed by atoms with Crippen LogP contribution in [0.15, 0.2) is 30.7 Å². The predicted octanol–water partition coefficient (Wildman–Crippen LogP) is 1.47. The third kappa shape index (κ3) is 1.98. The van der Waals surface area contributed by atoms with Crippen LogP contribution in [0.1, 0.15) is 23.7 Å². The van der Waals surface area contributed by atoms with E-state index in [0.717, 1.165) is 12.1 Å². The molecule has 1 N–H and O–H groups in total. The number of pyridine rings is 1. The van der Waals surface area contributed by atoms with Crippen molar-refractivity contribution in [3.8, 4) is 0 Å². The molecule has 4 nitrogen and oxygen atoms in total. The molecule has 15 heavy (non-hydrogen) atoms. The molecule has 1 amide bonds. The van der Waals surface area contributed by atoms with Gasteiger partial charge in [-0.3, -0.25) is 4.79 Å². The quantitative estimate of drug-likeness (QED) is 0.821. The fourth-order valence-electron chi connectivity index (χ4n) is 1.39. The number of hydrogen-bond donors (Lipinski definition) is 1. The summed E-state index contributed by atoms with van der Waals surface area (Å²) in [4.78, 5) is 15.7. The van der Waals surface area contributed by atoms with E-state index in [4.69, 9.17) is 0 Å². The zero-order chi connectivity index (χ0) is 10.7. The smallest absolute Gasteiger partial charge is 0.252 e. The van der Waals surface area contributed by atoms with Crippen molar-refractivity contribution in [1.82, 2.24) is 14.7 Å². The maximum atomic E-state index is 11.6. The van der Waals surface area contributed by atoms with E-state index >= 15 is 0 Å². The average molecular weight is 203 g/mol. The molecule has 0 saturated carbocycles. The predicted molar refractivity (Wildman–Crippen MR) is 57.8 cm³/mol. The maximum absolute atomic E-state index is 11.6. The first kappa shape index (κ1) is 9.71. The average Bonchev–Trinajstić information content (AvgIpc) is 2.72. The van der Waals surface area contributed by atoms with Crippen LogP contribution in [0.25, 0.3) is 5.65 Å². The van der Waals surface area contributed by atoms with Crippen molar-refractivity contribution in [2.45, 2.75) is 13.3 Å². The fraction of sp³-hybridized carbons (Fsp3) is 0.273. The van der Waals surface area contributed by atoms with E-state index in [1.165, 1.54) is 0 Å². The Labute approximate surface area is 87.9 Å². The van der Waals surface area contributed by atoms with Gasteiger partial charge >= 0.3 is 0 Å². The molecule has 0 aliphatic carbocycles. The third-order valence-electron chi connectivity index (χ3n) is 2.19. The molecule has 0 radical (unpaired) electrons. The molecule has 0 aliphatic rings. The minimum Gasteiger partial charge on any atom is -0.352 e. The summed E-state index contributed by atoms with van der Waals surface area (Å²) in [6, 6.07) is 3.62. The van der Waals surface area contributed by atoms with Gasteiger partial charge in [0.1, 0.15) is 5.65 Å². The van der Waals surface area contributed by atoms with E-state index in [1.807, 2.05) is 23.6 Å². The van der Waals surface area contributed by atoms with Crippen LogP contribution in [-0.4, -0.2) is 21.8 Å². The number of nitrogens with zero attached hydrogens (tertiary/aromatic N) is 2. The molecule has 2 rings (SSSR count). The second-order valence-corrected chi connectivity index (χ2v) is 3.37. The summed E-state index contributed by atoms with van der Waals surface area (Å²) in [5.41, 5.74) is 1.51. The number of imidazole rings is 1. The number of hydrogen-bond acceptors (Lipinski definition) is 2. The van der Waals surface area contributed by atoms with Crippen LogP contribution in [0.5, 0.6) is 0 Å². The highest BCUT2D eigenvalue weighted by Gasteiger charge is 2.04. The van der Waals surface area contributed by atoms with Crippen LogP contribution < -0.4 is 5.32 Å². The van der Waals surface area contributed by atoms with E-state index in [0.29, 0.717) is 12.1 Å². The molecule has 0 aromatic carbocycles. The highest BCUT2D eigenvalue weighted by atomic mass is 16.1. The first-order valence-corrected chi connectivity index (χ1v) is 5.02. The van der Waals surface area contributed by atoms with Crippen molar-refractivity contribution in [2.24, 2.45) is 0 Å². The normalized spacial score (nSPS) is 10.5. The van der Waals surface area contributed by atoms with Crippen molar-refractivity contribution < 1.29 is 4.79 Å². The van der Waals surface area contributed by atoms with Gasteiger partial charge in [0.05, 0.1) is 5.56 Å². The lowest BCUT2D eigenvalue weighted by Crippen LogP contribution is -2.24. The van der Waals surface area contributed by atoms with Crippen molar-refractivity contribution in [1.29, 1.82) is 0 Å². The minimum absolute atomic E-state index is 0.0348. The molecule has 0 atom stereocenters. The minimum atomic E-state index is -0.0348. The Kier molecular flexibility index (Phi) is 2.67. The van der Waals surface area contributed by atoms with Crippen molar-refractivity contribution in [2.75, 3.05) is 6.54 Å². The van der Waals surface area contributed by atoms with Crippen LogP contribution in [-0.2, 0) is 0 Å². The summed E-state index contributed by atoms with van der Waals surface area (Å²) in [5.74, 6) is -0.0348. The van der Waals surface area contributed by atoms with Gasteiger partial charge in [0.25, 0.3) is 5.91 Å². The van der Waals surface area contributed by atoms with Gasteiger partial charge in [-0.25, -0.2) is 4.98 Å². The van der Waals surface area contributed by atoms with Gasteiger partial charge in [0.2, 0.25) is 0 Å². The van der Waals surface area contributed by atoms with E-state index in [-0.39, 0.29) is 5.91 Å². The molecular formula is C11H13N3O. The lowest BCUT2D eigenvalue weighted by molar-refractivity contribution is 0.0953. The van der Waals surface area contributed by atoms with Gasteiger partial charge in [-0.2, -0.15) is 0 Å². The topological polar surface area (TPSA) is 46.4 Å². The van der Waals surface area contributed by atoms with Gasteiger partial charge in [0, 0.05) is 25.1 Å². The summed E-state index contributed by atoms with van der Waals surface area (Å²) >= 11 is 0. The number of aromatic nitrogens is 2. The maximum Gasteiger partial charge on any atom is 0.252 e. The van der Waals surface area contributed by atoms with Crippen LogP contribution in [0.4, 0.5) is 0 Å². The van der Waals surface area contributed by atoms with Gasteiger partial charge in [-0.05, 0) is 18.6 Å². The lowest BCUT2D eigenvalue weighted by Gasteiger charge is -2.03. The molecule has 4 heteroatoms. The molecule has 0 spiro atoms. The van der Waals surface area contributed by atoms with Gasteiger partial charge < -0.3 is 9.72 Å². The monoisotopic (exact) mass is 203 g/mol. The van der Waals surface area contributed by atoms with Crippen LogP contribution in [0.2, 0.25) is 0 Å². The Morgan fingerprint density at radius 1 is 1.53 bits per heavy atom. The molecule has 2 aromatic rings. The molecule has 0 saturated heterocycles. The SMILES string of the molecule is CCCNC(=O)c1ccc2nccn2c1. The highest BCUT2D eigenvalue weighted by molar-refractivity contribution is 5.94. The number of fused-ring (bicyclic) bond motifs is 1. The van der Waals surface area contributed by atoms with E-state index in [1.54, 1.807) is 18.5 Å². The Hall–Kier alpha value is -1.84. The zero-order valence-corrected chi connectivity index (χ0v) is 8.60. The lowest BCUT2D eigenvalue weighted by atomic mass is 10.2.